The number of nitrogens with one attached hydrogen (secondary N) is 1. The molecule has 0 aliphatic carbocycles. The summed E-state index contributed by atoms with van der Waals surface area (Å²) in [6, 6.07) is 14.7. The Bertz CT molecular complexity index is 666. The average molecular weight is 376 g/mol. The van der Waals surface area contributed by atoms with E-state index in [1.807, 2.05) is 36.4 Å². The smallest absolute Gasteiger partial charge is 0.216 e. The van der Waals surface area contributed by atoms with Gasteiger partial charge < -0.3 is 10.1 Å². The third-order valence-corrected chi connectivity index (χ3v) is 3.78. The van der Waals surface area contributed by atoms with Crippen molar-refractivity contribution in [3.05, 3.63) is 64.1 Å². The van der Waals surface area contributed by atoms with E-state index in [2.05, 4.69) is 21.2 Å². The van der Waals surface area contributed by atoms with Crippen molar-refractivity contribution in [2.75, 3.05) is 13.2 Å². The van der Waals surface area contributed by atoms with Gasteiger partial charge >= 0.3 is 0 Å². The molecule has 5 heteroatoms. The molecule has 23 heavy (non-hydrogen) atoms. The quantitative estimate of drug-likeness (QED) is 0.754. The zero-order valence-electron chi connectivity index (χ0n) is 12.8. The van der Waals surface area contributed by atoms with E-state index in [9.17, 15) is 9.59 Å². The van der Waals surface area contributed by atoms with Crippen molar-refractivity contribution in [2.45, 2.75) is 13.3 Å². The molecule has 0 aliphatic heterocycles. The first kappa shape index (κ1) is 17.2. The van der Waals surface area contributed by atoms with Gasteiger partial charge in [-0.3, -0.25) is 9.59 Å². The Balaban J connectivity index is 1.84. The standard InChI is InChI=1S/C18H18BrNO3/c1-13(21)20-11-10-14-2-4-15(5-3-14)18(22)12-23-17-8-6-16(19)7-9-17/h2-9H,10-12H2,1H3,(H,20,21). The molecule has 2 rings (SSSR count). The molecule has 1 amide bonds. The maximum atomic E-state index is 12.1. The molecule has 0 saturated carbocycles. The van der Waals surface area contributed by atoms with Gasteiger partial charge in [0.05, 0.1) is 0 Å². The van der Waals surface area contributed by atoms with E-state index >= 15 is 0 Å². The molecule has 0 unspecified atom stereocenters. The van der Waals surface area contributed by atoms with Gasteiger partial charge in [0.15, 0.2) is 12.4 Å². The number of carbonyl (C=O) groups excluding carboxylic acids is 2. The average Bonchev–Trinajstić information content (AvgIpc) is 2.54. The zero-order chi connectivity index (χ0) is 16.7. The molecule has 0 aliphatic rings. The Hall–Kier alpha value is -2.14. The van der Waals surface area contributed by atoms with Gasteiger partial charge in [-0.2, -0.15) is 0 Å². The molecule has 0 bridgehead atoms. The summed E-state index contributed by atoms with van der Waals surface area (Å²) >= 11 is 3.35. The van der Waals surface area contributed by atoms with Gasteiger partial charge in [-0.25, -0.2) is 0 Å². The van der Waals surface area contributed by atoms with Crippen LogP contribution in [-0.4, -0.2) is 24.8 Å². The topological polar surface area (TPSA) is 55.4 Å². The van der Waals surface area contributed by atoms with E-state index in [1.54, 1.807) is 12.1 Å². The number of Topliss-reactive ketones (excluding diaryl/α,β-unsaturated/α-hetero) is 1. The van der Waals surface area contributed by atoms with Crippen molar-refractivity contribution in [3.63, 3.8) is 0 Å². The predicted molar refractivity (Wildman–Crippen MR) is 92.8 cm³/mol. The summed E-state index contributed by atoms with van der Waals surface area (Å²) in [7, 11) is 0. The van der Waals surface area contributed by atoms with Crippen LogP contribution in [0.3, 0.4) is 0 Å². The second-order valence-electron chi connectivity index (χ2n) is 5.10. The molecule has 0 radical (unpaired) electrons. The molecule has 2 aromatic carbocycles. The van der Waals surface area contributed by atoms with Crippen molar-refractivity contribution < 1.29 is 14.3 Å². The normalized spacial score (nSPS) is 10.2. The zero-order valence-corrected chi connectivity index (χ0v) is 14.4. The van der Waals surface area contributed by atoms with Crippen LogP contribution in [0.25, 0.3) is 0 Å². The predicted octanol–water partition coefficient (Wildman–Crippen LogP) is 3.39. The van der Waals surface area contributed by atoms with Crippen LogP contribution in [0.15, 0.2) is 53.0 Å². The maximum absolute atomic E-state index is 12.1. The van der Waals surface area contributed by atoms with Gasteiger partial charge in [0.2, 0.25) is 5.91 Å². The molecule has 4 nitrogen and oxygen atoms in total. The lowest BCUT2D eigenvalue weighted by Gasteiger charge is -2.07. The van der Waals surface area contributed by atoms with Crippen LogP contribution < -0.4 is 10.1 Å². The van der Waals surface area contributed by atoms with E-state index in [1.165, 1.54) is 6.92 Å². The molecule has 0 spiro atoms. The molecule has 1 N–H and O–H groups in total. The number of benzene rings is 2. The summed E-state index contributed by atoms with van der Waals surface area (Å²) < 4.78 is 6.44. The molecule has 0 fully saturated rings. The maximum Gasteiger partial charge on any atom is 0.216 e. The highest BCUT2D eigenvalue weighted by molar-refractivity contribution is 9.10. The first-order valence-corrected chi connectivity index (χ1v) is 8.09. The number of amides is 1. The van der Waals surface area contributed by atoms with Crippen LogP contribution in [0, 0.1) is 0 Å². The molecule has 0 atom stereocenters. The molecule has 2 aromatic rings. The Morgan fingerprint density at radius 2 is 1.70 bits per heavy atom. The van der Waals surface area contributed by atoms with Crippen molar-refractivity contribution >= 4 is 27.6 Å². The summed E-state index contributed by atoms with van der Waals surface area (Å²) in [4.78, 5) is 22.9. The summed E-state index contributed by atoms with van der Waals surface area (Å²) in [5.41, 5.74) is 1.69. The van der Waals surface area contributed by atoms with Crippen LogP contribution in [0.5, 0.6) is 5.75 Å². The van der Waals surface area contributed by atoms with Gasteiger partial charge in [0, 0.05) is 23.5 Å². The van der Waals surface area contributed by atoms with E-state index in [0.717, 1.165) is 16.5 Å². The van der Waals surface area contributed by atoms with Crippen LogP contribution in [0.2, 0.25) is 0 Å². The number of rotatable bonds is 7. The van der Waals surface area contributed by atoms with Crippen LogP contribution >= 0.6 is 15.9 Å². The summed E-state index contributed by atoms with van der Waals surface area (Å²) in [5.74, 6) is 0.552. The fraction of sp³-hybridized carbons (Fsp3) is 0.222. The van der Waals surface area contributed by atoms with E-state index in [-0.39, 0.29) is 18.3 Å². The first-order chi connectivity index (χ1) is 11.0. The Kier molecular flexibility index (Phi) is 6.35. The van der Waals surface area contributed by atoms with Crippen molar-refractivity contribution in [3.8, 4) is 5.75 Å². The second-order valence-corrected chi connectivity index (χ2v) is 6.01. The minimum Gasteiger partial charge on any atom is -0.485 e. The number of hydrogen-bond acceptors (Lipinski definition) is 3. The Morgan fingerprint density at radius 1 is 1.04 bits per heavy atom. The van der Waals surface area contributed by atoms with Gasteiger partial charge in [-0.1, -0.05) is 40.2 Å². The lowest BCUT2D eigenvalue weighted by molar-refractivity contribution is -0.118. The number of carbonyl (C=O) groups is 2. The largest absolute Gasteiger partial charge is 0.485 e. The summed E-state index contributed by atoms with van der Waals surface area (Å²) in [6.45, 7) is 2.09. The highest BCUT2D eigenvalue weighted by Crippen LogP contribution is 2.16. The molecular weight excluding hydrogens is 358 g/mol. The van der Waals surface area contributed by atoms with Crippen molar-refractivity contribution in [1.29, 1.82) is 0 Å². The van der Waals surface area contributed by atoms with E-state index in [4.69, 9.17) is 4.74 Å². The third-order valence-electron chi connectivity index (χ3n) is 3.25. The van der Waals surface area contributed by atoms with Crippen molar-refractivity contribution in [1.82, 2.24) is 5.32 Å². The van der Waals surface area contributed by atoms with Gasteiger partial charge in [0.25, 0.3) is 0 Å². The van der Waals surface area contributed by atoms with E-state index < -0.39 is 0 Å². The number of halogens is 1. The molecule has 0 saturated heterocycles. The fourth-order valence-electron chi connectivity index (χ4n) is 2.00. The molecular formula is C18H18BrNO3. The third kappa shape index (κ3) is 5.87. The first-order valence-electron chi connectivity index (χ1n) is 7.29. The lowest BCUT2D eigenvalue weighted by Crippen LogP contribution is -2.22. The van der Waals surface area contributed by atoms with Gasteiger partial charge in [-0.15, -0.1) is 0 Å². The van der Waals surface area contributed by atoms with Crippen LogP contribution in [0.1, 0.15) is 22.8 Å². The van der Waals surface area contributed by atoms with Crippen LogP contribution in [-0.2, 0) is 11.2 Å². The summed E-state index contributed by atoms with van der Waals surface area (Å²) in [6.07, 6.45) is 0.740. The van der Waals surface area contributed by atoms with Crippen LogP contribution in [0.4, 0.5) is 0 Å². The lowest BCUT2D eigenvalue weighted by atomic mass is 10.1. The van der Waals surface area contributed by atoms with Gasteiger partial charge in [-0.05, 0) is 36.2 Å². The summed E-state index contributed by atoms with van der Waals surface area (Å²) in [5, 5.41) is 2.74. The molecule has 120 valence electrons. The highest BCUT2D eigenvalue weighted by Gasteiger charge is 2.07. The minimum absolute atomic E-state index is 0.00682. The monoisotopic (exact) mass is 375 g/mol. The Morgan fingerprint density at radius 3 is 2.30 bits per heavy atom. The van der Waals surface area contributed by atoms with E-state index in [0.29, 0.717) is 17.9 Å². The number of ether oxygens (including phenoxy) is 1. The van der Waals surface area contributed by atoms with Gasteiger partial charge in [0.1, 0.15) is 5.75 Å². The Labute approximate surface area is 144 Å². The number of ketones is 1. The second kappa shape index (κ2) is 8.48. The number of hydrogen-bond donors (Lipinski definition) is 1. The highest BCUT2D eigenvalue weighted by atomic mass is 79.9. The minimum atomic E-state index is -0.0682. The fourth-order valence-corrected chi connectivity index (χ4v) is 2.27. The van der Waals surface area contributed by atoms with Crippen molar-refractivity contribution in [2.24, 2.45) is 0 Å². The molecule has 0 heterocycles. The SMILES string of the molecule is CC(=O)NCCc1ccc(C(=O)COc2ccc(Br)cc2)cc1. The molecule has 0 aromatic heterocycles.